The van der Waals surface area contributed by atoms with Crippen LogP contribution in [-0.2, 0) is 0 Å². The number of nitro groups is 1. The van der Waals surface area contributed by atoms with Crippen LogP contribution in [-0.4, -0.2) is 29.5 Å². The van der Waals surface area contributed by atoms with Crippen LogP contribution in [0.3, 0.4) is 0 Å². The standard InChI is InChI=1S/C13H18N4O3/c1-8-6-9(14)4-5-16(8)12-3-2-10(17(19)20)7-11(12)13(15)18/h2-3,7-9H,4-6,14H2,1H3,(H2,15,18). The molecule has 0 bridgehead atoms. The molecule has 1 fully saturated rings. The lowest BCUT2D eigenvalue weighted by Gasteiger charge is -2.38. The van der Waals surface area contributed by atoms with Gasteiger partial charge in [-0.25, -0.2) is 0 Å². The van der Waals surface area contributed by atoms with Crippen molar-refractivity contribution in [3.05, 3.63) is 33.9 Å². The lowest BCUT2D eigenvalue weighted by atomic mass is 9.97. The summed E-state index contributed by atoms with van der Waals surface area (Å²) in [6.45, 7) is 2.73. The van der Waals surface area contributed by atoms with Crippen molar-refractivity contribution in [3.8, 4) is 0 Å². The molecule has 1 aliphatic heterocycles. The molecule has 0 aliphatic carbocycles. The van der Waals surface area contributed by atoms with Crippen molar-refractivity contribution in [1.82, 2.24) is 0 Å². The van der Waals surface area contributed by atoms with Crippen molar-refractivity contribution >= 4 is 17.3 Å². The molecule has 2 atom stereocenters. The maximum Gasteiger partial charge on any atom is 0.270 e. The summed E-state index contributed by atoms with van der Waals surface area (Å²) in [4.78, 5) is 23.9. The van der Waals surface area contributed by atoms with E-state index >= 15 is 0 Å². The van der Waals surface area contributed by atoms with Crippen LogP contribution in [0.1, 0.15) is 30.1 Å². The fraction of sp³-hybridized carbons (Fsp3) is 0.462. The molecule has 20 heavy (non-hydrogen) atoms. The van der Waals surface area contributed by atoms with Crippen LogP contribution in [0.25, 0.3) is 0 Å². The number of carbonyl (C=O) groups is 1. The summed E-state index contributed by atoms with van der Waals surface area (Å²) < 4.78 is 0. The number of carbonyl (C=O) groups excluding carboxylic acids is 1. The SMILES string of the molecule is CC1CC(N)CCN1c1ccc([N+](=O)[O-])cc1C(N)=O. The second kappa shape index (κ2) is 5.46. The van der Waals surface area contributed by atoms with E-state index in [0.29, 0.717) is 12.2 Å². The van der Waals surface area contributed by atoms with Crippen molar-refractivity contribution in [2.24, 2.45) is 11.5 Å². The predicted octanol–water partition coefficient (Wildman–Crippen LogP) is 1.01. The van der Waals surface area contributed by atoms with Crippen LogP contribution in [0.2, 0.25) is 0 Å². The van der Waals surface area contributed by atoms with Gasteiger partial charge < -0.3 is 16.4 Å². The first kappa shape index (κ1) is 14.3. The minimum absolute atomic E-state index is 0.135. The Balaban J connectivity index is 2.40. The van der Waals surface area contributed by atoms with E-state index in [9.17, 15) is 14.9 Å². The number of benzene rings is 1. The molecule has 1 amide bonds. The predicted molar refractivity (Wildman–Crippen MR) is 75.6 cm³/mol. The fourth-order valence-corrected chi connectivity index (χ4v) is 2.65. The van der Waals surface area contributed by atoms with Crippen molar-refractivity contribution in [3.63, 3.8) is 0 Å². The smallest absolute Gasteiger partial charge is 0.270 e. The molecule has 2 unspecified atom stereocenters. The van der Waals surface area contributed by atoms with Crippen molar-refractivity contribution in [1.29, 1.82) is 0 Å². The van der Waals surface area contributed by atoms with Gasteiger partial charge in [0, 0.05) is 30.8 Å². The number of anilines is 1. The zero-order valence-corrected chi connectivity index (χ0v) is 11.3. The van der Waals surface area contributed by atoms with Gasteiger partial charge in [0.15, 0.2) is 0 Å². The van der Waals surface area contributed by atoms with Gasteiger partial charge in [0.25, 0.3) is 11.6 Å². The number of amides is 1. The molecule has 108 valence electrons. The molecule has 0 radical (unpaired) electrons. The highest BCUT2D eigenvalue weighted by Crippen LogP contribution is 2.30. The third-order valence-corrected chi connectivity index (χ3v) is 3.68. The normalized spacial score (nSPS) is 22.6. The maximum atomic E-state index is 11.6. The Morgan fingerprint density at radius 3 is 2.75 bits per heavy atom. The van der Waals surface area contributed by atoms with Gasteiger partial charge in [-0.1, -0.05) is 0 Å². The minimum atomic E-state index is -0.661. The first-order chi connectivity index (χ1) is 9.40. The number of piperidine rings is 1. The van der Waals surface area contributed by atoms with Gasteiger partial charge in [-0.3, -0.25) is 14.9 Å². The summed E-state index contributed by atoms with van der Waals surface area (Å²) in [6, 6.07) is 4.53. The van der Waals surface area contributed by atoms with Crippen LogP contribution < -0.4 is 16.4 Å². The summed E-state index contributed by atoms with van der Waals surface area (Å²) in [5, 5.41) is 10.8. The number of primary amides is 1. The average Bonchev–Trinajstić information content (AvgIpc) is 2.38. The van der Waals surface area contributed by atoms with E-state index in [1.54, 1.807) is 6.07 Å². The molecule has 7 heteroatoms. The number of hydrogen-bond donors (Lipinski definition) is 2. The average molecular weight is 278 g/mol. The summed E-state index contributed by atoms with van der Waals surface area (Å²) in [5.41, 5.74) is 12.0. The first-order valence-corrected chi connectivity index (χ1v) is 6.50. The minimum Gasteiger partial charge on any atom is -0.368 e. The molecular formula is C13H18N4O3. The Kier molecular flexibility index (Phi) is 3.89. The Labute approximate surface area is 116 Å². The molecule has 1 saturated heterocycles. The maximum absolute atomic E-state index is 11.6. The fourth-order valence-electron chi connectivity index (χ4n) is 2.65. The van der Waals surface area contributed by atoms with Gasteiger partial charge >= 0.3 is 0 Å². The zero-order valence-electron chi connectivity index (χ0n) is 11.3. The molecule has 0 aromatic heterocycles. The summed E-state index contributed by atoms with van der Waals surface area (Å²) >= 11 is 0. The van der Waals surface area contributed by atoms with Crippen LogP contribution in [0.15, 0.2) is 18.2 Å². The van der Waals surface area contributed by atoms with E-state index in [-0.39, 0.29) is 23.3 Å². The molecule has 0 spiro atoms. The number of rotatable bonds is 3. The van der Waals surface area contributed by atoms with Gasteiger partial charge in [-0.15, -0.1) is 0 Å². The molecular weight excluding hydrogens is 260 g/mol. The molecule has 7 nitrogen and oxygen atoms in total. The highest BCUT2D eigenvalue weighted by atomic mass is 16.6. The zero-order chi connectivity index (χ0) is 14.9. The van der Waals surface area contributed by atoms with E-state index in [2.05, 4.69) is 0 Å². The lowest BCUT2D eigenvalue weighted by Crippen LogP contribution is -2.46. The van der Waals surface area contributed by atoms with Gasteiger partial charge in [-0.2, -0.15) is 0 Å². The molecule has 1 aromatic rings. The highest BCUT2D eigenvalue weighted by molar-refractivity contribution is 5.99. The van der Waals surface area contributed by atoms with Gasteiger partial charge in [-0.05, 0) is 25.8 Å². The molecule has 1 aromatic carbocycles. The van der Waals surface area contributed by atoms with Crippen LogP contribution >= 0.6 is 0 Å². The third-order valence-electron chi connectivity index (χ3n) is 3.68. The molecule has 1 aliphatic rings. The quantitative estimate of drug-likeness (QED) is 0.632. The lowest BCUT2D eigenvalue weighted by molar-refractivity contribution is -0.384. The first-order valence-electron chi connectivity index (χ1n) is 6.50. The van der Waals surface area contributed by atoms with Crippen LogP contribution in [0, 0.1) is 10.1 Å². The number of nitrogens with zero attached hydrogens (tertiary/aromatic N) is 2. The van der Waals surface area contributed by atoms with Crippen molar-refractivity contribution in [2.75, 3.05) is 11.4 Å². The largest absolute Gasteiger partial charge is 0.368 e. The second-order valence-electron chi connectivity index (χ2n) is 5.15. The van der Waals surface area contributed by atoms with E-state index in [4.69, 9.17) is 11.5 Å². The summed E-state index contributed by atoms with van der Waals surface area (Å²) in [6.07, 6.45) is 1.63. The Hall–Kier alpha value is -2.15. The van der Waals surface area contributed by atoms with E-state index in [0.717, 1.165) is 12.8 Å². The number of non-ortho nitro benzene ring substituents is 1. The Morgan fingerprint density at radius 1 is 1.50 bits per heavy atom. The second-order valence-corrected chi connectivity index (χ2v) is 5.15. The topological polar surface area (TPSA) is 115 Å². The monoisotopic (exact) mass is 278 g/mol. The number of hydrogen-bond acceptors (Lipinski definition) is 5. The molecule has 0 saturated carbocycles. The number of nitro benzene ring substituents is 1. The van der Waals surface area contributed by atoms with E-state index in [1.165, 1.54) is 12.1 Å². The van der Waals surface area contributed by atoms with Crippen LogP contribution in [0.4, 0.5) is 11.4 Å². The van der Waals surface area contributed by atoms with Gasteiger partial charge in [0.1, 0.15) is 0 Å². The highest BCUT2D eigenvalue weighted by Gasteiger charge is 2.27. The number of nitrogens with two attached hydrogens (primary N) is 2. The third kappa shape index (κ3) is 2.72. The Morgan fingerprint density at radius 2 is 2.20 bits per heavy atom. The summed E-state index contributed by atoms with van der Waals surface area (Å²) in [7, 11) is 0. The van der Waals surface area contributed by atoms with Gasteiger partial charge in [0.05, 0.1) is 16.2 Å². The van der Waals surface area contributed by atoms with Crippen molar-refractivity contribution in [2.45, 2.75) is 31.8 Å². The Bertz CT molecular complexity index is 546. The molecule has 4 N–H and O–H groups in total. The van der Waals surface area contributed by atoms with Crippen LogP contribution in [0.5, 0.6) is 0 Å². The molecule has 2 rings (SSSR count). The van der Waals surface area contributed by atoms with Crippen molar-refractivity contribution < 1.29 is 9.72 Å². The van der Waals surface area contributed by atoms with Gasteiger partial charge in [0.2, 0.25) is 0 Å². The molecule has 1 heterocycles. The van der Waals surface area contributed by atoms with E-state index < -0.39 is 10.8 Å². The summed E-state index contributed by atoms with van der Waals surface area (Å²) in [5.74, 6) is -0.661. The van der Waals surface area contributed by atoms with E-state index in [1.807, 2.05) is 11.8 Å².